The van der Waals surface area contributed by atoms with Gasteiger partial charge in [-0.3, -0.25) is 9.59 Å². The van der Waals surface area contributed by atoms with Crippen molar-refractivity contribution in [2.45, 2.75) is 85.0 Å². The van der Waals surface area contributed by atoms with Gasteiger partial charge in [-0.1, -0.05) is 30.3 Å². The number of carbonyl (C=O) groups excluding carboxylic acids is 3. The maximum absolute atomic E-state index is 14.2. The third-order valence-corrected chi connectivity index (χ3v) is 5.99. The summed E-state index contributed by atoms with van der Waals surface area (Å²) >= 11 is 0. The molecule has 0 saturated heterocycles. The van der Waals surface area contributed by atoms with Gasteiger partial charge >= 0.3 is 6.09 Å². The van der Waals surface area contributed by atoms with Crippen LogP contribution in [-0.2, 0) is 20.7 Å². The molecule has 0 aromatic heterocycles. The second-order valence-corrected chi connectivity index (χ2v) is 11.8. The van der Waals surface area contributed by atoms with Crippen molar-refractivity contribution in [3.63, 3.8) is 0 Å². The van der Waals surface area contributed by atoms with Crippen LogP contribution in [0.1, 0.15) is 69.8 Å². The smallest absolute Gasteiger partial charge is 0.408 e. The summed E-state index contributed by atoms with van der Waals surface area (Å²) in [6.45, 7) is 14.0. The summed E-state index contributed by atoms with van der Waals surface area (Å²) in [5, 5.41) is 25.3. The number of aliphatic hydroxyl groups is 1. The molecule has 0 bridgehead atoms. The van der Waals surface area contributed by atoms with Crippen LogP contribution in [0.15, 0.2) is 42.5 Å². The fraction of sp³-hybridized carbons (Fsp3) is 0.500. The van der Waals surface area contributed by atoms with Crippen molar-refractivity contribution in [3.8, 4) is 5.75 Å². The molecule has 2 aromatic carbocycles. The summed E-state index contributed by atoms with van der Waals surface area (Å²) in [5.41, 5.74) is 1.71. The first kappa shape index (κ1) is 31.6. The number of aromatic hydroxyl groups is 1. The van der Waals surface area contributed by atoms with Gasteiger partial charge in [-0.2, -0.15) is 0 Å². The fourth-order valence-corrected chi connectivity index (χ4v) is 4.15. The van der Waals surface area contributed by atoms with E-state index in [0.717, 1.165) is 11.1 Å². The van der Waals surface area contributed by atoms with Crippen molar-refractivity contribution < 1.29 is 29.3 Å². The van der Waals surface area contributed by atoms with Crippen molar-refractivity contribution in [2.24, 2.45) is 0 Å². The Labute approximate surface area is 231 Å². The lowest BCUT2D eigenvalue weighted by atomic mass is 9.93. The maximum atomic E-state index is 14.2. The Hall–Kier alpha value is -3.59. The van der Waals surface area contributed by atoms with Crippen molar-refractivity contribution in [3.05, 3.63) is 64.7 Å². The Morgan fingerprint density at radius 1 is 0.974 bits per heavy atom. The molecule has 0 heterocycles. The lowest BCUT2D eigenvalue weighted by Gasteiger charge is -2.36. The number of benzene rings is 2. The number of nitrogens with one attached hydrogen (secondary N) is 2. The van der Waals surface area contributed by atoms with Gasteiger partial charge in [0.2, 0.25) is 11.8 Å². The van der Waals surface area contributed by atoms with E-state index >= 15 is 0 Å². The fourth-order valence-electron chi connectivity index (χ4n) is 4.15. The van der Waals surface area contributed by atoms with Gasteiger partial charge in [0.25, 0.3) is 0 Å². The van der Waals surface area contributed by atoms with Crippen LogP contribution < -0.4 is 10.6 Å². The lowest BCUT2D eigenvalue weighted by Crippen LogP contribution is -2.56. The van der Waals surface area contributed by atoms with Crippen LogP contribution in [0.25, 0.3) is 0 Å². The highest BCUT2D eigenvalue weighted by Gasteiger charge is 2.38. The number of rotatable bonds is 9. The van der Waals surface area contributed by atoms with Gasteiger partial charge in [-0.15, -0.1) is 0 Å². The quantitative estimate of drug-likeness (QED) is 0.381. The van der Waals surface area contributed by atoms with E-state index in [4.69, 9.17) is 4.74 Å². The van der Waals surface area contributed by atoms with E-state index in [9.17, 15) is 24.6 Å². The minimum atomic E-state index is -1.12. The van der Waals surface area contributed by atoms with Gasteiger partial charge in [0.1, 0.15) is 23.4 Å². The molecular weight excluding hydrogens is 498 g/mol. The molecule has 0 aliphatic carbocycles. The van der Waals surface area contributed by atoms with Crippen LogP contribution in [0.3, 0.4) is 0 Å². The van der Waals surface area contributed by atoms with Crippen molar-refractivity contribution >= 4 is 17.9 Å². The number of hydrogen-bond acceptors (Lipinski definition) is 6. The Morgan fingerprint density at radius 3 is 2.13 bits per heavy atom. The maximum Gasteiger partial charge on any atom is 0.408 e. The molecular formula is C30H43N3O6. The van der Waals surface area contributed by atoms with E-state index in [1.54, 1.807) is 39.0 Å². The number of alkyl carbamates (subject to hydrolysis) is 1. The number of aryl methyl sites for hydroxylation is 1. The standard InChI is InChI=1S/C30H43N3O6/c1-19-10-9-11-23(20(19)2)25(26(36)32-29(3,4)5)33(16-17-34)27(37)24(31-28(38)39-30(6,7)8)18-21-12-14-22(35)15-13-21/h9-15,24-25,34-35H,16-18H2,1-8H3,(H,31,38)(H,32,36). The number of carbonyl (C=O) groups is 3. The predicted octanol–water partition coefficient (Wildman–Crippen LogP) is 3.92. The van der Waals surface area contributed by atoms with Crippen LogP contribution in [-0.4, -0.2) is 63.4 Å². The Kier molecular flexibility index (Phi) is 10.5. The Balaban J connectivity index is 2.60. The number of nitrogens with zero attached hydrogens (tertiary/aromatic N) is 1. The highest BCUT2D eigenvalue weighted by atomic mass is 16.6. The van der Waals surface area contributed by atoms with E-state index < -0.39 is 47.7 Å². The number of aliphatic hydroxyl groups excluding tert-OH is 1. The van der Waals surface area contributed by atoms with Crippen LogP contribution in [0, 0.1) is 13.8 Å². The SMILES string of the molecule is Cc1cccc(C(C(=O)NC(C)(C)C)N(CCO)C(=O)C(Cc2ccc(O)cc2)NC(=O)OC(C)(C)C)c1C. The zero-order valence-corrected chi connectivity index (χ0v) is 24.3. The van der Waals surface area contributed by atoms with Crippen LogP contribution in [0.4, 0.5) is 4.79 Å². The molecule has 3 amide bonds. The third kappa shape index (κ3) is 9.58. The Morgan fingerprint density at radius 2 is 1.59 bits per heavy atom. The lowest BCUT2D eigenvalue weighted by molar-refractivity contribution is -0.143. The predicted molar refractivity (Wildman–Crippen MR) is 150 cm³/mol. The van der Waals surface area contributed by atoms with Crippen molar-refractivity contribution in [1.82, 2.24) is 15.5 Å². The number of phenols is 1. The molecule has 9 nitrogen and oxygen atoms in total. The van der Waals surface area contributed by atoms with Crippen LogP contribution in [0.2, 0.25) is 0 Å². The number of amides is 3. The summed E-state index contributed by atoms with van der Waals surface area (Å²) in [6.07, 6.45) is -0.716. The number of ether oxygens (including phenoxy) is 1. The molecule has 4 N–H and O–H groups in total. The molecule has 0 radical (unpaired) electrons. The van der Waals surface area contributed by atoms with Gasteiger partial charge in [0.15, 0.2) is 0 Å². The minimum Gasteiger partial charge on any atom is -0.508 e. The van der Waals surface area contributed by atoms with Gasteiger partial charge in [0, 0.05) is 18.5 Å². The van der Waals surface area contributed by atoms with E-state index in [0.29, 0.717) is 11.1 Å². The zero-order chi connectivity index (χ0) is 29.5. The van der Waals surface area contributed by atoms with E-state index in [1.807, 2.05) is 46.8 Å². The first-order valence-corrected chi connectivity index (χ1v) is 13.1. The first-order chi connectivity index (χ1) is 18.0. The zero-order valence-electron chi connectivity index (χ0n) is 24.3. The highest BCUT2D eigenvalue weighted by molar-refractivity contribution is 5.92. The van der Waals surface area contributed by atoms with Crippen molar-refractivity contribution in [1.29, 1.82) is 0 Å². The molecule has 39 heavy (non-hydrogen) atoms. The summed E-state index contributed by atoms with van der Waals surface area (Å²) in [7, 11) is 0. The summed E-state index contributed by atoms with van der Waals surface area (Å²) in [4.78, 5) is 42.0. The Bertz CT molecular complexity index is 1150. The second-order valence-electron chi connectivity index (χ2n) is 11.8. The average molecular weight is 542 g/mol. The van der Waals surface area contributed by atoms with Gasteiger partial charge in [-0.05, 0) is 89.8 Å². The second kappa shape index (κ2) is 13.0. The topological polar surface area (TPSA) is 128 Å². The number of hydrogen-bond donors (Lipinski definition) is 4. The van der Waals surface area contributed by atoms with E-state index in [-0.39, 0.29) is 18.7 Å². The molecule has 0 aliphatic rings. The number of phenolic OH excluding ortho intramolecular Hbond substituents is 1. The molecule has 9 heteroatoms. The molecule has 2 aromatic rings. The monoisotopic (exact) mass is 541 g/mol. The van der Waals surface area contributed by atoms with Gasteiger partial charge in [0.05, 0.1) is 6.61 Å². The summed E-state index contributed by atoms with van der Waals surface area (Å²) in [6, 6.07) is 9.64. The molecule has 0 spiro atoms. The largest absolute Gasteiger partial charge is 0.508 e. The molecule has 0 fully saturated rings. The van der Waals surface area contributed by atoms with Crippen molar-refractivity contribution in [2.75, 3.05) is 13.2 Å². The minimum absolute atomic E-state index is 0.0671. The highest BCUT2D eigenvalue weighted by Crippen LogP contribution is 2.28. The molecule has 2 unspecified atom stereocenters. The third-order valence-electron chi connectivity index (χ3n) is 5.99. The summed E-state index contributed by atoms with van der Waals surface area (Å²) in [5.74, 6) is -0.894. The average Bonchev–Trinajstić information content (AvgIpc) is 2.79. The molecule has 2 atom stereocenters. The van der Waals surface area contributed by atoms with E-state index in [2.05, 4.69) is 10.6 Å². The van der Waals surface area contributed by atoms with E-state index in [1.165, 1.54) is 17.0 Å². The molecule has 0 saturated carbocycles. The van der Waals surface area contributed by atoms with Gasteiger partial charge < -0.3 is 30.5 Å². The normalized spacial score (nSPS) is 13.3. The molecule has 214 valence electrons. The van der Waals surface area contributed by atoms with Crippen LogP contribution >= 0.6 is 0 Å². The van der Waals surface area contributed by atoms with Gasteiger partial charge in [-0.25, -0.2) is 4.79 Å². The molecule has 2 rings (SSSR count). The first-order valence-electron chi connectivity index (χ1n) is 13.1. The molecule has 0 aliphatic heterocycles. The van der Waals surface area contributed by atoms with Crippen LogP contribution in [0.5, 0.6) is 5.75 Å². The summed E-state index contributed by atoms with van der Waals surface area (Å²) < 4.78 is 5.42.